The number of benzene rings is 2. The van der Waals surface area contributed by atoms with Gasteiger partial charge in [0.2, 0.25) is 10.0 Å². The first-order valence-corrected chi connectivity index (χ1v) is 13.1. The Kier molecular flexibility index (Phi) is 6.20. The van der Waals surface area contributed by atoms with Crippen LogP contribution in [0.2, 0.25) is 0 Å². The van der Waals surface area contributed by atoms with Crippen molar-refractivity contribution in [1.29, 1.82) is 0 Å². The van der Waals surface area contributed by atoms with Gasteiger partial charge in [-0.25, -0.2) is 18.4 Å². The first-order valence-electron chi connectivity index (χ1n) is 11.7. The molecule has 1 aliphatic rings. The number of aryl methyl sites for hydroxylation is 2. The van der Waals surface area contributed by atoms with Crippen LogP contribution in [-0.2, 0) is 23.0 Å². The highest BCUT2D eigenvalue weighted by Crippen LogP contribution is 2.23. The molecular weight excluding hydrogens is 446 g/mol. The second-order valence-electron chi connectivity index (χ2n) is 8.72. The van der Waals surface area contributed by atoms with Gasteiger partial charge < -0.3 is 0 Å². The second kappa shape index (κ2) is 9.29. The first kappa shape index (κ1) is 22.7. The van der Waals surface area contributed by atoms with Gasteiger partial charge in [-0.2, -0.15) is 4.31 Å². The average Bonchev–Trinajstić information content (AvgIpc) is 3.22. The van der Waals surface area contributed by atoms with Crippen molar-refractivity contribution in [2.75, 3.05) is 26.2 Å². The van der Waals surface area contributed by atoms with Crippen molar-refractivity contribution in [3.8, 4) is 5.69 Å². The molecule has 0 N–H and O–H groups in total. The number of rotatable bonds is 6. The Morgan fingerprint density at radius 1 is 0.912 bits per heavy atom. The molecule has 1 saturated heterocycles. The minimum Gasteiger partial charge on any atom is -0.293 e. The predicted molar refractivity (Wildman–Crippen MR) is 133 cm³/mol. The fourth-order valence-electron chi connectivity index (χ4n) is 4.40. The van der Waals surface area contributed by atoms with Gasteiger partial charge in [-0.3, -0.25) is 9.47 Å². The summed E-state index contributed by atoms with van der Waals surface area (Å²) in [5.74, 6) is 0.910. The fraction of sp³-hybridized carbons (Fsp3) is 0.308. The van der Waals surface area contributed by atoms with Gasteiger partial charge in [0.15, 0.2) is 5.65 Å². The summed E-state index contributed by atoms with van der Waals surface area (Å²) in [6, 6.07) is 19.5. The molecule has 8 heteroatoms. The third-order valence-electron chi connectivity index (χ3n) is 6.44. The molecule has 0 unspecified atom stereocenters. The average molecular weight is 476 g/mol. The highest BCUT2D eigenvalue weighted by molar-refractivity contribution is 7.89. The van der Waals surface area contributed by atoms with Crippen LogP contribution < -0.4 is 0 Å². The Bertz CT molecular complexity index is 1390. The maximum absolute atomic E-state index is 13.1. The van der Waals surface area contributed by atoms with E-state index in [9.17, 15) is 8.42 Å². The predicted octanol–water partition coefficient (Wildman–Crippen LogP) is 3.80. The van der Waals surface area contributed by atoms with Gasteiger partial charge in [-0.1, -0.05) is 36.8 Å². The Morgan fingerprint density at radius 3 is 2.29 bits per heavy atom. The van der Waals surface area contributed by atoms with Crippen molar-refractivity contribution in [3.63, 3.8) is 0 Å². The van der Waals surface area contributed by atoms with Gasteiger partial charge in [0.25, 0.3) is 0 Å². The molecule has 3 heterocycles. The molecule has 1 fully saturated rings. The molecule has 7 nitrogen and oxygen atoms in total. The minimum absolute atomic E-state index is 0.356. The summed E-state index contributed by atoms with van der Waals surface area (Å²) in [5, 5.41) is 0. The van der Waals surface area contributed by atoms with Gasteiger partial charge >= 0.3 is 0 Å². The van der Waals surface area contributed by atoms with Crippen LogP contribution in [0.25, 0.3) is 16.9 Å². The molecule has 0 saturated carbocycles. The molecule has 0 radical (unpaired) electrons. The van der Waals surface area contributed by atoms with E-state index in [1.807, 2.05) is 31.2 Å². The van der Waals surface area contributed by atoms with Crippen molar-refractivity contribution < 1.29 is 8.42 Å². The molecular formula is C26H29N5O2S. The van der Waals surface area contributed by atoms with Gasteiger partial charge in [-0.05, 0) is 55.3 Å². The SMILES string of the molecule is CCc1ccc(-n2c(CN3CCN(S(=O)(=O)c4ccc(C)cc4)CC3)nc3cccnc32)cc1. The number of nitrogens with zero attached hydrogens (tertiary/aromatic N) is 5. The number of aromatic nitrogens is 3. The zero-order chi connectivity index (χ0) is 23.7. The fourth-order valence-corrected chi connectivity index (χ4v) is 5.83. The minimum atomic E-state index is -3.48. The molecule has 0 spiro atoms. The lowest BCUT2D eigenvalue weighted by Crippen LogP contribution is -2.48. The summed E-state index contributed by atoms with van der Waals surface area (Å²) in [6.07, 6.45) is 2.78. The lowest BCUT2D eigenvalue weighted by molar-refractivity contribution is 0.177. The van der Waals surface area contributed by atoms with Crippen LogP contribution in [0.3, 0.4) is 0 Å². The maximum Gasteiger partial charge on any atom is 0.243 e. The Hall–Kier alpha value is -3.07. The third-order valence-corrected chi connectivity index (χ3v) is 8.36. The van der Waals surface area contributed by atoms with Gasteiger partial charge in [0, 0.05) is 38.1 Å². The van der Waals surface area contributed by atoms with Crippen molar-refractivity contribution in [2.45, 2.75) is 31.7 Å². The quantitative estimate of drug-likeness (QED) is 0.424. The monoisotopic (exact) mass is 475 g/mol. The van der Waals surface area contributed by atoms with Gasteiger partial charge in [-0.15, -0.1) is 0 Å². The Labute approximate surface area is 200 Å². The van der Waals surface area contributed by atoms with E-state index in [1.54, 1.807) is 22.6 Å². The lowest BCUT2D eigenvalue weighted by atomic mass is 10.1. The maximum atomic E-state index is 13.1. The van der Waals surface area contributed by atoms with E-state index in [1.165, 1.54) is 5.56 Å². The largest absolute Gasteiger partial charge is 0.293 e. The number of imidazole rings is 1. The molecule has 0 amide bonds. The van der Waals surface area contributed by atoms with Crippen molar-refractivity contribution in [3.05, 3.63) is 83.8 Å². The zero-order valence-corrected chi connectivity index (χ0v) is 20.4. The number of piperazine rings is 1. The van der Waals surface area contributed by atoms with E-state index in [2.05, 4.69) is 45.6 Å². The van der Waals surface area contributed by atoms with Crippen molar-refractivity contribution >= 4 is 21.2 Å². The summed E-state index contributed by atoms with van der Waals surface area (Å²) >= 11 is 0. The molecule has 0 atom stereocenters. The number of hydrogen-bond acceptors (Lipinski definition) is 5. The molecule has 2 aromatic heterocycles. The highest BCUT2D eigenvalue weighted by Gasteiger charge is 2.29. The topological polar surface area (TPSA) is 71.3 Å². The Balaban J connectivity index is 1.36. The molecule has 1 aliphatic heterocycles. The summed E-state index contributed by atoms with van der Waals surface area (Å²) in [4.78, 5) is 12.1. The number of pyridine rings is 1. The van der Waals surface area contributed by atoms with E-state index in [0.717, 1.165) is 34.7 Å². The van der Waals surface area contributed by atoms with E-state index in [4.69, 9.17) is 4.98 Å². The third kappa shape index (κ3) is 4.36. The van der Waals surface area contributed by atoms with E-state index >= 15 is 0 Å². The molecule has 2 aromatic carbocycles. The molecule has 34 heavy (non-hydrogen) atoms. The van der Waals surface area contributed by atoms with Crippen molar-refractivity contribution in [2.24, 2.45) is 0 Å². The first-order chi connectivity index (χ1) is 16.5. The molecule has 176 valence electrons. The number of hydrogen-bond donors (Lipinski definition) is 0. The molecule has 5 rings (SSSR count). The summed E-state index contributed by atoms with van der Waals surface area (Å²) < 4.78 is 29.8. The second-order valence-corrected chi connectivity index (χ2v) is 10.7. The highest BCUT2D eigenvalue weighted by atomic mass is 32.2. The standard InChI is InChI=1S/C26H29N5O2S/c1-3-21-8-10-22(11-9-21)31-25(28-24-5-4-14-27-26(24)31)19-29-15-17-30(18-16-29)34(32,33)23-12-6-20(2)7-13-23/h4-14H,3,15-19H2,1-2H3. The zero-order valence-electron chi connectivity index (χ0n) is 19.6. The number of sulfonamides is 1. The van der Waals surface area contributed by atoms with Crippen molar-refractivity contribution in [1.82, 2.24) is 23.7 Å². The normalized spacial score (nSPS) is 15.7. The van der Waals surface area contributed by atoms with Crippen LogP contribution in [-0.4, -0.2) is 58.3 Å². The van der Waals surface area contributed by atoms with Crippen LogP contribution in [0.1, 0.15) is 23.9 Å². The van der Waals surface area contributed by atoms with Crippen LogP contribution in [0.4, 0.5) is 0 Å². The molecule has 0 aliphatic carbocycles. The van der Waals surface area contributed by atoms with Crippen LogP contribution in [0.5, 0.6) is 0 Å². The molecule has 0 bridgehead atoms. The van der Waals surface area contributed by atoms with E-state index in [0.29, 0.717) is 37.6 Å². The summed E-state index contributed by atoms with van der Waals surface area (Å²) in [5.41, 5.74) is 5.06. The van der Waals surface area contributed by atoms with E-state index in [-0.39, 0.29) is 0 Å². The summed E-state index contributed by atoms with van der Waals surface area (Å²) in [7, 11) is -3.48. The van der Waals surface area contributed by atoms with Crippen LogP contribution in [0, 0.1) is 6.92 Å². The van der Waals surface area contributed by atoms with Crippen LogP contribution in [0.15, 0.2) is 71.8 Å². The molecule has 4 aromatic rings. The number of fused-ring (bicyclic) bond motifs is 1. The van der Waals surface area contributed by atoms with E-state index < -0.39 is 10.0 Å². The Morgan fingerprint density at radius 2 is 1.62 bits per heavy atom. The lowest BCUT2D eigenvalue weighted by Gasteiger charge is -2.33. The summed E-state index contributed by atoms with van der Waals surface area (Å²) in [6.45, 7) is 6.94. The van der Waals surface area contributed by atoms with Crippen LogP contribution >= 0.6 is 0 Å². The van der Waals surface area contributed by atoms with Gasteiger partial charge in [0.05, 0.1) is 11.4 Å². The smallest absolute Gasteiger partial charge is 0.243 e. The van der Waals surface area contributed by atoms with Gasteiger partial charge in [0.1, 0.15) is 11.3 Å².